The van der Waals surface area contributed by atoms with E-state index in [-0.39, 0.29) is 11.9 Å². The predicted molar refractivity (Wildman–Crippen MR) is 86.9 cm³/mol. The second kappa shape index (κ2) is 5.97. The molecule has 0 saturated heterocycles. The summed E-state index contributed by atoms with van der Waals surface area (Å²) in [5.74, 6) is -0.0817. The molecule has 0 aliphatic carbocycles. The Labute approximate surface area is 127 Å². The van der Waals surface area contributed by atoms with Crippen molar-refractivity contribution in [2.24, 2.45) is 0 Å². The normalized spacial score (nSPS) is 11.1. The molecule has 5 heteroatoms. The Hall–Kier alpha value is -1.33. The number of aryl methyl sites for hydroxylation is 1. The lowest BCUT2D eigenvalue weighted by Crippen LogP contribution is -2.03. The van der Waals surface area contributed by atoms with Crippen molar-refractivity contribution in [2.75, 3.05) is 12.8 Å². The zero-order valence-electron chi connectivity index (χ0n) is 12.1. The molecule has 0 fully saturated rings. The van der Waals surface area contributed by atoms with Crippen LogP contribution in [0.2, 0.25) is 0 Å². The molecule has 0 aromatic carbocycles. The van der Waals surface area contributed by atoms with E-state index in [2.05, 4.69) is 32.2 Å². The maximum Gasteiger partial charge on any atom is 0.350 e. The monoisotopic (exact) mass is 309 g/mol. The third-order valence-corrected chi connectivity index (χ3v) is 5.59. The van der Waals surface area contributed by atoms with Crippen molar-refractivity contribution in [2.45, 2.75) is 33.1 Å². The smallest absolute Gasteiger partial charge is 0.350 e. The molecule has 0 spiro atoms. The van der Waals surface area contributed by atoms with E-state index in [1.165, 1.54) is 28.9 Å². The van der Waals surface area contributed by atoms with E-state index in [0.717, 1.165) is 16.9 Å². The summed E-state index contributed by atoms with van der Waals surface area (Å²) in [5, 5.41) is 2.09. The molecule has 0 aliphatic heterocycles. The highest BCUT2D eigenvalue weighted by atomic mass is 32.1. The maximum absolute atomic E-state index is 11.9. The number of carbonyl (C=O) groups is 1. The van der Waals surface area contributed by atoms with Crippen LogP contribution in [0.1, 0.15) is 47.5 Å². The number of thiophene rings is 2. The van der Waals surface area contributed by atoms with Gasteiger partial charge in [-0.05, 0) is 34.9 Å². The summed E-state index contributed by atoms with van der Waals surface area (Å²) in [7, 11) is 1.39. The number of anilines is 1. The third kappa shape index (κ3) is 2.47. The van der Waals surface area contributed by atoms with Crippen molar-refractivity contribution >= 4 is 34.3 Å². The minimum atomic E-state index is -0.352. The van der Waals surface area contributed by atoms with Gasteiger partial charge in [-0.1, -0.05) is 20.8 Å². The van der Waals surface area contributed by atoms with E-state index < -0.39 is 0 Å². The standard InChI is InChI=1S/C15H19NO2S2/c1-5-9-6-7-19-12(9)13-10(8(2)3)11(16)14(20-13)15(17)18-4/h6-8H,5,16H2,1-4H3. The molecule has 0 saturated carbocycles. The van der Waals surface area contributed by atoms with Crippen molar-refractivity contribution in [3.05, 3.63) is 27.5 Å². The number of nitrogen functional groups attached to an aromatic ring is 1. The molecule has 0 bridgehead atoms. The maximum atomic E-state index is 11.9. The van der Waals surface area contributed by atoms with Crippen LogP contribution in [0.3, 0.4) is 0 Å². The van der Waals surface area contributed by atoms with Gasteiger partial charge in [-0.15, -0.1) is 22.7 Å². The summed E-state index contributed by atoms with van der Waals surface area (Å²) in [5.41, 5.74) is 9.13. The number of methoxy groups -OCH3 is 1. The fourth-order valence-electron chi connectivity index (χ4n) is 2.26. The van der Waals surface area contributed by atoms with Gasteiger partial charge in [-0.3, -0.25) is 0 Å². The van der Waals surface area contributed by atoms with Gasteiger partial charge in [0.15, 0.2) is 0 Å². The van der Waals surface area contributed by atoms with Gasteiger partial charge < -0.3 is 10.5 Å². The first-order chi connectivity index (χ1) is 9.51. The number of nitrogens with two attached hydrogens (primary N) is 1. The highest BCUT2D eigenvalue weighted by Gasteiger charge is 2.25. The Bertz CT molecular complexity index is 626. The number of rotatable bonds is 4. The van der Waals surface area contributed by atoms with Crippen LogP contribution in [-0.4, -0.2) is 13.1 Å². The average molecular weight is 309 g/mol. The topological polar surface area (TPSA) is 52.3 Å². The van der Waals surface area contributed by atoms with Gasteiger partial charge >= 0.3 is 5.97 Å². The molecular formula is C15H19NO2S2. The molecule has 0 amide bonds. The Balaban J connectivity index is 2.66. The number of esters is 1. The highest BCUT2D eigenvalue weighted by molar-refractivity contribution is 7.23. The Morgan fingerprint density at radius 1 is 1.40 bits per heavy atom. The molecule has 0 aliphatic rings. The highest BCUT2D eigenvalue weighted by Crippen LogP contribution is 2.45. The SMILES string of the molecule is CCc1ccsc1-c1sc(C(=O)OC)c(N)c1C(C)C. The Morgan fingerprint density at radius 3 is 2.65 bits per heavy atom. The van der Waals surface area contributed by atoms with Crippen molar-refractivity contribution in [3.8, 4) is 9.75 Å². The van der Waals surface area contributed by atoms with E-state index in [4.69, 9.17) is 10.5 Å². The Morgan fingerprint density at radius 2 is 2.10 bits per heavy atom. The lowest BCUT2D eigenvalue weighted by atomic mass is 9.99. The van der Waals surface area contributed by atoms with E-state index in [1.807, 2.05) is 0 Å². The molecule has 2 aromatic rings. The number of hydrogen-bond acceptors (Lipinski definition) is 5. The van der Waals surface area contributed by atoms with Crippen molar-refractivity contribution < 1.29 is 9.53 Å². The van der Waals surface area contributed by atoms with Gasteiger partial charge in [0.1, 0.15) is 4.88 Å². The van der Waals surface area contributed by atoms with Gasteiger partial charge in [0.05, 0.1) is 17.7 Å². The quantitative estimate of drug-likeness (QED) is 0.844. The number of carbonyl (C=O) groups excluding carboxylic acids is 1. The largest absolute Gasteiger partial charge is 0.465 e. The summed E-state index contributed by atoms with van der Waals surface area (Å²) in [4.78, 5) is 14.7. The second-order valence-corrected chi connectivity index (χ2v) is 6.80. The fraction of sp³-hybridized carbons (Fsp3) is 0.400. The summed E-state index contributed by atoms with van der Waals surface area (Å²) < 4.78 is 4.83. The number of ether oxygens (including phenoxy) is 1. The number of hydrogen-bond donors (Lipinski definition) is 1. The van der Waals surface area contributed by atoms with Gasteiger partial charge in [0, 0.05) is 4.88 Å². The molecule has 0 radical (unpaired) electrons. The lowest BCUT2D eigenvalue weighted by Gasteiger charge is -2.09. The van der Waals surface area contributed by atoms with Gasteiger partial charge in [0.25, 0.3) is 0 Å². The van der Waals surface area contributed by atoms with Crippen molar-refractivity contribution in [1.29, 1.82) is 0 Å². The molecule has 2 rings (SSSR count). The molecule has 2 N–H and O–H groups in total. The summed E-state index contributed by atoms with van der Waals surface area (Å²) >= 11 is 3.15. The molecule has 0 atom stereocenters. The van der Waals surface area contributed by atoms with Crippen LogP contribution in [0, 0.1) is 0 Å². The predicted octanol–water partition coefficient (Wildman–Crippen LogP) is 4.53. The van der Waals surface area contributed by atoms with Crippen LogP contribution in [0.4, 0.5) is 5.69 Å². The molecule has 0 unspecified atom stereocenters. The molecule has 2 aromatic heterocycles. The third-order valence-electron chi connectivity index (χ3n) is 3.27. The lowest BCUT2D eigenvalue weighted by molar-refractivity contribution is 0.0607. The average Bonchev–Trinajstić information content (AvgIpc) is 3.01. The van der Waals surface area contributed by atoms with Crippen LogP contribution in [-0.2, 0) is 11.2 Å². The first kappa shape index (κ1) is 15.1. The van der Waals surface area contributed by atoms with Gasteiger partial charge in [-0.25, -0.2) is 4.79 Å². The molecule has 3 nitrogen and oxygen atoms in total. The first-order valence-corrected chi connectivity index (χ1v) is 8.28. The van der Waals surface area contributed by atoms with Crippen LogP contribution < -0.4 is 5.73 Å². The zero-order chi connectivity index (χ0) is 14.9. The minimum absolute atomic E-state index is 0.270. The molecular weight excluding hydrogens is 290 g/mol. The van der Waals surface area contributed by atoms with Gasteiger partial charge in [0.2, 0.25) is 0 Å². The summed E-state index contributed by atoms with van der Waals surface area (Å²) in [6.45, 7) is 6.34. The molecule has 20 heavy (non-hydrogen) atoms. The minimum Gasteiger partial charge on any atom is -0.465 e. The van der Waals surface area contributed by atoms with Gasteiger partial charge in [-0.2, -0.15) is 0 Å². The van der Waals surface area contributed by atoms with E-state index in [0.29, 0.717) is 10.6 Å². The second-order valence-electron chi connectivity index (χ2n) is 4.86. The first-order valence-electron chi connectivity index (χ1n) is 6.58. The van der Waals surface area contributed by atoms with Crippen molar-refractivity contribution in [1.82, 2.24) is 0 Å². The van der Waals surface area contributed by atoms with Crippen LogP contribution in [0.5, 0.6) is 0 Å². The fourth-order valence-corrected chi connectivity index (χ4v) is 4.74. The van der Waals surface area contributed by atoms with Crippen LogP contribution >= 0.6 is 22.7 Å². The van der Waals surface area contributed by atoms with E-state index in [1.54, 1.807) is 11.3 Å². The zero-order valence-corrected chi connectivity index (χ0v) is 13.8. The summed E-state index contributed by atoms with van der Waals surface area (Å²) in [6, 6.07) is 2.14. The summed E-state index contributed by atoms with van der Waals surface area (Å²) in [6.07, 6.45) is 0.974. The molecule has 2 heterocycles. The van der Waals surface area contributed by atoms with Crippen LogP contribution in [0.15, 0.2) is 11.4 Å². The van der Waals surface area contributed by atoms with E-state index >= 15 is 0 Å². The van der Waals surface area contributed by atoms with E-state index in [9.17, 15) is 4.79 Å². The molecule has 108 valence electrons. The Kier molecular flexibility index (Phi) is 4.50. The van der Waals surface area contributed by atoms with Crippen LogP contribution in [0.25, 0.3) is 9.75 Å². The van der Waals surface area contributed by atoms with Crippen molar-refractivity contribution in [3.63, 3.8) is 0 Å².